The predicted octanol–water partition coefficient (Wildman–Crippen LogP) is 1.75. The summed E-state index contributed by atoms with van der Waals surface area (Å²) in [6.07, 6.45) is 3.62. The van der Waals surface area contributed by atoms with E-state index < -0.39 is 0 Å². The molecule has 1 aliphatic heterocycles. The zero-order valence-corrected chi connectivity index (χ0v) is 13.5. The lowest BCUT2D eigenvalue weighted by atomic mass is 9.97. The van der Waals surface area contributed by atoms with Gasteiger partial charge in [0.1, 0.15) is 11.5 Å². The molecule has 0 unspecified atom stereocenters. The van der Waals surface area contributed by atoms with Gasteiger partial charge in [-0.05, 0) is 62.5 Å². The Morgan fingerprint density at radius 2 is 2.05 bits per heavy atom. The highest BCUT2D eigenvalue weighted by Crippen LogP contribution is 2.24. The van der Waals surface area contributed by atoms with Crippen LogP contribution in [0.3, 0.4) is 0 Å². The number of carbonyl (C=O) groups excluding carboxylic acids is 1. The van der Waals surface area contributed by atoms with E-state index in [2.05, 4.69) is 10.6 Å². The highest BCUT2D eigenvalue weighted by atomic mass is 16.5. The molecule has 0 spiro atoms. The number of hydrogen-bond acceptors (Lipinski definition) is 4. The number of nitrogens with one attached hydrogen (secondary N) is 2. The number of amides is 1. The molecule has 1 aliphatic rings. The summed E-state index contributed by atoms with van der Waals surface area (Å²) in [5.41, 5.74) is 1.11. The van der Waals surface area contributed by atoms with Crippen molar-refractivity contribution in [2.45, 2.75) is 25.7 Å². The first-order valence-electron chi connectivity index (χ1n) is 7.94. The molecule has 1 amide bonds. The molecule has 1 aromatic rings. The molecule has 2 rings (SSSR count). The van der Waals surface area contributed by atoms with Crippen molar-refractivity contribution in [2.24, 2.45) is 5.92 Å². The highest BCUT2D eigenvalue weighted by molar-refractivity contribution is 5.78. The number of ether oxygens (including phenoxy) is 2. The first kappa shape index (κ1) is 16.6. The Kier molecular flexibility index (Phi) is 6.52. The van der Waals surface area contributed by atoms with Crippen LogP contribution in [0.5, 0.6) is 11.5 Å². The lowest BCUT2D eigenvalue weighted by Crippen LogP contribution is -2.38. The summed E-state index contributed by atoms with van der Waals surface area (Å²) in [6, 6.07) is 5.80. The van der Waals surface area contributed by atoms with Gasteiger partial charge in [0.05, 0.1) is 14.2 Å². The topological polar surface area (TPSA) is 59.6 Å². The number of piperidine rings is 1. The van der Waals surface area contributed by atoms with Gasteiger partial charge in [0.25, 0.3) is 0 Å². The molecule has 5 nitrogen and oxygen atoms in total. The van der Waals surface area contributed by atoms with Crippen LogP contribution in [0.4, 0.5) is 0 Å². The second-order valence-corrected chi connectivity index (χ2v) is 5.60. The molecule has 1 saturated heterocycles. The van der Waals surface area contributed by atoms with Gasteiger partial charge in [-0.3, -0.25) is 4.79 Å². The van der Waals surface area contributed by atoms with E-state index in [1.165, 1.54) is 0 Å². The molecule has 0 saturated carbocycles. The molecule has 0 bridgehead atoms. The van der Waals surface area contributed by atoms with E-state index in [0.717, 1.165) is 55.8 Å². The van der Waals surface area contributed by atoms with Crippen LogP contribution < -0.4 is 20.1 Å². The Morgan fingerprint density at radius 3 is 2.73 bits per heavy atom. The standard InChI is InChI=1S/C17H26N2O3/c1-21-15-5-6-16(22-2)14(12-15)4-3-9-19-17(20)13-7-10-18-11-8-13/h5-6,12-13,18H,3-4,7-11H2,1-2H3,(H,19,20). The van der Waals surface area contributed by atoms with Gasteiger partial charge in [0.15, 0.2) is 0 Å². The summed E-state index contributed by atoms with van der Waals surface area (Å²) in [6.45, 7) is 2.58. The number of hydrogen-bond donors (Lipinski definition) is 2. The van der Waals surface area contributed by atoms with Crippen LogP contribution >= 0.6 is 0 Å². The van der Waals surface area contributed by atoms with Gasteiger partial charge in [-0.2, -0.15) is 0 Å². The van der Waals surface area contributed by atoms with Gasteiger partial charge in [-0.1, -0.05) is 0 Å². The quantitative estimate of drug-likeness (QED) is 0.754. The van der Waals surface area contributed by atoms with Gasteiger partial charge >= 0.3 is 0 Å². The summed E-state index contributed by atoms with van der Waals surface area (Å²) >= 11 is 0. The molecule has 0 aromatic heterocycles. The van der Waals surface area contributed by atoms with Gasteiger partial charge in [0, 0.05) is 12.5 Å². The van der Waals surface area contributed by atoms with E-state index in [1.54, 1.807) is 14.2 Å². The lowest BCUT2D eigenvalue weighted by Gasteiger charge is -2.21. The molecule has 0 radical (unpaired) electrons. The third-order valence-electron chi connectivity index (χ3n) is 4.12. The van der Waals surface area contributed by atoms with Gasteiger partial charge in [-0.15, -0.1) is 0 Å². The Bertz CT molecular complexity index is 485. The molecule has 0 aliphatic carbocycles. The van der Waals surface area contributed by atoms with E-state index in [-0.39, 0.29) is 11.8 Å². The molecular formula is C17H26N2O3. The summed E-state index contributed by atoms with van der Waals surface area (Å²) in [7, 11) is 3.33. The second kappa shape index (κ2) is 8.63. The molecule has 122 valence electrons. The Morgan fingerprint density at radius 1 is 1.27 bits per heavy atom. The smallest absolute Gasteiger partial charge is 0.223 e. The monoisotopic (exact) mass is 306 g/mol. The van der Waals surface area contributed by atoms with E-state index in [1.807, 2.05) is 18.2 Å². The van der Waals surface area contributed by atoms with E-state index in [0.29, 0.717) is 6.54 Å². The van der Waals surface area contributed by atoms with Crippen molar-refractivity contribution in [1.82, 2.24) is 10.6 Å². The number of aryl methyl sites for hydroxylation is 1. The Labute approximate surface area is 132 Å². The zero-order chi connectivity index (χ0) is 15.8. The number of methoxy groups -OCH3 is 2. The number of carbonyl (C=O) groups is 1. The molecular weight excluding hydrogens is 280 g/mol. The molecule has 1 fully saturated rings. The maximum Gasteiger partial charge on any atom is 0.223 e. The van der Waals surface area contributed by atoms with Gasteiger partial charge < -0.3 is 20.1 Å². The van der Waals surface area contributed by atoms with Crippen molar-refractivity contribution in [3.05, 3.63) is 23.8 Å². The maximum atomic E-state index is 12.0. The first-order valence-corrected chi connectivity index (χ1v) is 7.94. The molecule has 0 atom stereocenters. The minimum absolute atomic E-state index is 0.174. The van der Waals surface area contributed by atoms with Crippen LogP contribution in [0.25, 0.3) is 0 Å². The minimum Gasteiger partial charge on any atom is -0.497 e. The van der Waals surface area contributed by atoms with Crippen molar-refractivity contribution in [2.75, 3.05) is 33.9 Å². The van der Waals surface area contributed by atoms with Crippen LogP contribution in [0.2, 0.25) is 0 Å². The third kappa shape index (κ3) is 4.63. The fourth-order valence-electron chi connectivity index (χ4n) is 2.80. The SMILES string of the molecule is COc1ccc(OC)c(CCCNC(=O)C2CCNCC2)c1. The van der Waals surface area contributed by atoms with Gasteiger partial charge in [-0.25, -0.2) is 0 Å². The van der Waals surface area contributed by atoms with Crippen molar-refractivity contribution >= 4 is 5.91 Å². The lowest BCUT2D eigenvalue weighted by molar-refractivity contribution is -0.125. The van der Waals surface area contributed by atoms with Crippen LogP contribution in [-0.4, -0.2) is 39.8 Å². The Hall–Kier alpha value is -1.75. The van der Waals surface area contributed by atoms with Crippen molar-refractivity contribution in [3.8, 4) is 11.5 Å². The molecule has 1 aromatic carbocycles. The van der Waals surface area contributed by atoms with Crippen LogP contribution in [0, 0.1) is 5.92 Å². The Balaban J connectivity index is 1.77. The summed E-state index contributed by atoms with van der Waals surface area (Å²) in [4.78, 5) is 12.0. The van der Waals surface area contributed by atoms with Gasteiger partial charge in [0.2, 0.25) is 5.91 Å². The van der Waals surface area contributed by atoms with Crippen molar-refractivity contribution in [3.63, 3.8) is 0 Å². The molecule has 2 N–H and O–H groups in total. The predicted molar refractivity (Wildman–Crippen MR) is 86.5 cm³/mol. The average Bonchev–Trinajstić information content (AvgIpc) is 2.59. The first-order chi connectivity index (χ1) is 10.7. The van der Waals surface area contributed by atoms with Crippen molar-refractivity contribution in [1.29, 1.82) is 0 Å². The molecule has 5 heteroatoms. The number of benzene rings is 1. The van der Waals surface area contributed by atoms with E-state index >= 15 is 0 Å². The molecule has 1 heterocycles. The van der Waals surface area contributed by atoms with E-state index in [4.69, 9.17) is 9.47 Å². The summed E-state index contributed by atoms with van der Waals surface area (Å²) in [5.74, 6) is 2.06. The fraction of sp³-hybridized carbons (Fsp3) is 0.588. The molecule has 22 heavy (non-hydrogen) atoms. The fourth-order valence-corrected chi connectivity index (χ4v) is 2.80. The van der Waals surface area contributed by atoms with Crippen molar-refractivity contribution < 1.29 is 14.3 Å². The summed E-state index contributed by atoms with van der Waals surface area (Å²) in [5, 5.41) is 6.33. The minimum atomic E-state index is 0.174. The van der Waals surface area contributed by atoms with Crippen LogP contribution in [-0.2, 0) is 11.2 Å². The summed E-state index contributed by atoms with van der Waals surface area (Å²) < 4.78 is 10.6. The maximum absolute atomic E-state index is 12.0. The largest absolute Gasteiger partial charge is 0.497 e. The van der Waals surface area contributed by atoms with Crippen LogP contribution in [0.15, 0.2) is 18.2 Å². The third-order valence-corrected chi connectivity index (χ3v) is 4.12. The average molecular weight is 306 g/mol. The highest BCUT2D eigenvalue weighted by Gasteiger charge is 2.20. The van der Waals surface area contributed by atoms with Crippen LogP contribution in [0.1, 0.15) is 24.8 Å². The zero-order valence-electron chi connectivity index (χ0n) is 13.5. The normalized spacial score (nSPS) is 15.4. The van der Waals surface area contributed by atoms with E-state index in [9.17, 15) is 4.79 Å². The number of rotatable bonds is 7. The second-order valence-electron chi connectivity index (χ2n) is 5.60.